The molecule has 0 aliphatic rings. The first-order chi connectivity index (χ1) is 10.7. The van der Waals surface area contributed by atoms with Crippen LogP contribution in [0.1, 0.15) is 26.3 Å². The lowest BCUT2D eigenvalue weighted by molar-refractivity contribution is 0.0523. The number of amides is 1. The molecule has 5 heteroatoms. The highest BCUT2D eigenvalue weighted by Crippen LogP contribution is 2.28. The number of ether oxygens (including phenoxy) is 1. The molecule has 0 radical (unpaired) electrons. The number of nitrogens with two attached hydrogens (primary N) is 1. The molecular weight excluding hydrogens is 312 g/mol. The molecule has 0 saturated heterocycles. The molecular formula is C18H21ClN2O2. The third-order valence-electron chi connectivity index (χ3n) is 3.11. The topological polar surface area (TPSA) is 64.3 Å². The van der Waals surface area contributed by atoms with Crippen molar-refractivity contribution >= 4 is 23.4 Å². The Balaban J connectivity index is 2.01. The Morgan fingerprint density at radius 1 is 1.17 bits per heavy atom. The first kappa shape index (κ1) is 17.2. The number of benzene rings is 2. The second kappa shape index (κ2) is 6.92. The minimum Gasteiger partial charge on any atom is -0.444 e. The van der Waals surface area contributed by atoms with Crippen molar-refractivity contribution in [3.05, 3.63) is 53.1 Å². The molecule has 0 aliphatic carbocycles. The Kier molecular flexibility index (Phi) is 5.16. The predicted octanol–water partition coefficient (Wildman–Crippen LogP) is 4.61. The molecule has 1 amide bonds. The van der Waals surface area contributed by atoms with E-state index in [4.69, 9.17) is 22.1 Å². The van der Waals surface area contributed by atoms with Gasteiger partial charge in [0.05, 0.1) is 0 Å². The van der Waals surface area contributed by atoms with Crippen LogP contribution in [-0.4, -0.2) is 11.7 Å². The number of nitrogen functional groups attached to an aromatic ring is 1. The van der Waals surface area contributed by atoms with E-state index >= 15 is 0 Å². The van der Waals surface area contributed by atoms with Gasteiger partial charge in [-0.3, -0.25) is 0 Å². The van der Waals surface area contributed by atoms with Crippen molar-refractivity contribution in [3.8, 4) is 11.1 Å². The van der Waals surface area contributed by atoms with E-state index < -0.39 is 11.7 Å². The molecule has 0 unspecified atom stereocenters. The number of carbonyl (C=O) groups is 1. The molecule has 0 spiro atoms. The summed E-state index contributed by atoms with van der Waals surface area (Å²) in [6, 6.07) is 13.3. The summed E-state index contributed by atoms with van der Waals surface area (Å²) >= 11 is 5.91. The molecule has 23 heavy (non-hydrogen) atoms. The zero-order valence-electron chi connectivity index (χ0n) is 13.5. The number of hydrogen-bond acceptors (Lipinski definition) is 3. The van der Waals surface area contributed by atoms with Crippen LogP contribution in [-0.2, 0) is 11.3 Å². The van der Waals surface area contributed by atoms with Gasteiger partial charge >= 0.3 is 6.09 Å². The van der Waals surface area contributed by atoms with Gasteiger partial charge in [0.2, 0.25) is 0 Å². The number of nitrogens with one attached hydrogen (secondary N) is 1. The van der Waals surface area contributed by atoms with E-state index in [1.165, 1.54) is 0 Å². The molecule has 0 saturated carbocycles. The number of rotatable bonds is 3. The van der Waals surface area contributed by atoms with Gasteiger partial charge in [0.1, 0.15) is 5.60 Å². The van der Waals surface area contributed by atoms with E-state index in [0.717, 1.165) is 16.7 Å². The summed E-state index contributed by atoms with van der Waals surface area (Å²) in [5.74, 6) is 0. The maximum absolute atomic E-state index is 11.6. The first-order valence-corrected chi connectivity index (χ1v) is 7.73. The van der Waals surface area contributed by atoms with Crippen molar-refractivity contribution in [2.24, 2.45) is 0 Å². The quantitative estimate of drug-likeness (QED) is 0.806. The third kappa shape index (κ3) is 5.18. The van der Waals surface area contributed by atoms with Crippen molar-refractivity contribution in [2.45, 2.75) is 32.9 Å². The van der Waals surface area contributed by atoms with Gasteiger partial charge in [0, 0.05) is 22.8 Å². The Hall–Kier alpha value is -2.20. The molecule has 0 aromatic heterocycles. The molecule has 2 aromatic carbocycles. The Bertz CT molecular complexity index is 691. The summed E-state index contributed by atoms with van der Waals surface area (Å²) in [4.78, 5) is 11.6. The monoisotopic (exact) mass is 332 g/mol. The average molecular weight is 333 g/mol. The minimum absolute atomic E-state index is 0.408. The summed E-state index contributed by atoms with van der Waals surface area (Å²) in [6.45, 7) is 5.90. The molecule has 2 aromatic rings. The van der Waals surface area contributed by atoms with E-state index in [1.54, 1.807) is 6.07 Å². The highest BCUT2D eigenvalue weighted by Gasteiger charge is 2.15. The van der Waals surface area contributed by atoms with E-state index in [0.29, 0.717) is 17.3 Å². The molecule has 122 valence electrons. The second-order valence-electron chi connectivity index (χ2n) is 6.28. The van der Waals surface area contributed by atoms with Crippen LogP contribution >= 0.6 is 11.6 Å². The summed E-state index contributed by atoms with van der Waals surface area (Å²) in [6.07, 6.45) is -0.427. The lowest BCUT2D eigenvalue weighted by atomic mass is 10.0. The lowest BCUT2D eigenvalue weighted by Gasteiger charge is -2.19. The van der Waals surface area contributed by atoms with E-state index in [1.807, 2.05) is 57.2 Å². The average Bonchev–Trinajstić information content (AvgIpc) is 2.44. The van der Waals surface area contributed by atoms with E-state index in [2.05, 4.69) is 5.32 Å². The van der Waals surface area contributed by atoms with Crippen molar-refractivity contribution in [1.82, 2.24) is 5.32 Å². The minimum atomic E-state index is -0.500. The van der Waals surface area contributed by atoms with E-state index in [9.17, 15) is 4.79 Å². The SMILES string of the molecule is CC(C)(C)OC(=O)NCc1ccc(-c2ccc(Cl)cc2N)cc1. The lowest BCUT2D eigenvalue weighted by Crippen LogP contribution is -2.32. The Labute approximate surface area is 141 Å². The van der Waals surface area contributed by atoms with Gasteiger partial charge in [0.15, 0.2) is 0 Å². The fraction of sp³-hybridized carbons (Fsp3) is 0.278. The van der Waals surface area contributed by atoms with Gasteiger partial charge in [-0.05, 0) is 44.0 Å². The van der Waals surface area contributed by atoms with Crippen molar-refractivity contribution in [1.29, 1.82) is 0 Å². The zero-order chi connectivity index (χ0) is 17.0. The Morgan fingerprint density at radius 2 is 1.83 bits per heavy atom. The normalized spacial score (nSPS) is 11.1. The smallest absolute Gasteiger partial charge is 0.407 e. The van der Waals surface area contributed by atoms with Gasteiger partial charge in [-0.2, -0.15) is 0 Å². The molecule has 0 fully saturated rings. The van der Waals surface area contributed by atoms with Gasteiger partial charge in [-0.25, -0.2) is 4.79 Å². The van der Waals surface area contributed by atoms with Crippen LogP contribution in [0.15, 0.2) is 42.5 Å². The van der Waals surface area contributed by atoms with Crippen molar-refractivity contribution < 1.29 is 9.53 Å². The Morgan fingerprint density at radius 3 is 2.39 bits per heavy atom. The predicted molar refractivity (Wildman–Crippen MR) is 94.4 cm³/mol. The number of hydrogen-bond donors (Lipinski definition) is 2. The molecule has 3 N–H and O–H groups in total. The van der Waals surface area contributed by atoms with Gasteiger partial charge in [-0.15, -0.1) is 0 Å². The number of halogens is 1. The van der Waals surface area contributed by atoms with Crippen LogP contribution in [0, 0.1) is 0 Å². The fourth-order valence-electron chi connectivity index (χ4n) is 2.09. The fourth-order valence-corrected chi connectivity index (χ4v) is 2.27. The summed E-state index contributed by atoms with van der Waals surface area (Å²) in [5.41, 5.74) is 9.04. The van der Waals surface area contributed by atoms with Crippen LogP contribution in [0.3, 0.4) is 0 Å². The maximum Gasteiger partial charge on any atom is 0.407 e. The summed E-state index contributed by atoms with van der Waals surface area (Å²) in [5, 5.41) is 3.35. The van der Waals surface area contributed by atoms with Crippen LogP contribution < -0.4 is 11.1 Å². The molecule has 0 atom stereocenters. The molecule has 0 aliphatic heterocycles. The van der Waals surface area contributed by atoms with Crippen molar-refractivity contribution in [3.63, 3.8) is 0 Å². The highest BCUT2D eigenvalue weighted by molar-refractivity contribution is 6.31. The third-order valence-corrected chi connectivity index (χ3v) is 3.35. The van der Waals surface area contributed by atoms with Gasteiger partial charge in [-0.1, -0.05) is 41.9 Å². The maximum atomic E-state index is 11.6. The summed E-state index contributed by atoms with van der Waals surface area (Å²) in [7, 11) is 0. The van der Waals surface area contributed by atoms with Crippen LogP contribution in [0.4, 0.5) is 10.5 Å². The second-order valence-corrected chi connectivity index (χ2v) is 6.72. The highest BCUT2D eigenvalue weighted by atomic mass is 35.5. The standard InChI is InChI=1S/C18H21ClN2O2/c1-18(2,3)23-17(22)21-11-12-4-6-13(7-5-12)15-9-8-14(19)10-16(15)20/h4-10H,11,20H2,1-3H3,(H,21,22). The van der Waals surface area contributed by atoms with Crippen LogP contribution in [0.5, 0.6) is 0 Å². The van der Waals surface area contributed by atoms with Gasteiger partial charge < -0.3 is 15.8 Å². The van der Waals surface area contributed by atoms with Gasteiger partial charge in [0.25, 0.3) is 0 Å². The van der Waals surface area contributed by atoms with Crippen LogP contribution in [0.25, 0.3) is 11.1 Å². The van der Waals surface area contributed by atoms with Crippen molar-refractivity contribution in [2.75, 3.05) is 5.73 Å². The molecule has 4 nitrogen and oxygen atoms in total. The first-order valence-electron chi connectivity index (χ1n) is 7.36. The molecule has 0 bridgehead atoms. The van der Waals surface area contributed by atoms with E-state index in [-0.39, 0.29) is 0 Å². The molecule has 0 heterocycles. The number of alkyl carbamates (subject to hydrolysis) is 1. The number of anilines is 1. The molecule has 2 rings (SSSR count). The number of carbonyl (C=O) groups excluding carboxylic acids is 1. The zero-order valence-corrected chi connectivity index (χ0v) is 14.3. The van der Waals surface area contributed by atoms with Crippen LogP contribution in [0.2, 0.25) is 5.02 Å². The summed E-state index contributed by atoms with van der Waals surface area (Å²) < 4.78 is 5.20. The largest absolute Gasteiger partial charge is 0.444 e.